The predicted molar refractivity (Wildman–Crippen MR) is 138 cm³/mol. The molecule has 7 nitrogen and oxygen atoms in total. The van der Waals surface area contributed by atoms with Crippen molar-refractivity contribution >= 4 is 32.4 Å². The van der Waals surface area contributed by atoms with Crippen LogP contribution >= 0.6 is 0 Å². The monoisotopic (exact) mass is 519 g/mol. The number of hydrogen-bond acceptors (Lipinski definition) is 5. The average Bonchev–Trinajstić information content (AvgIpc) is 3.46. The molecule has 1 N–H and O–H groups in total. The summed E-state index contributed by atoms with van der Waals surface area (Å²) in [5.41, 5.74) is 0.637. The molecule has 1 saturated carbocycles. The molecule has 1 aromatic carbocycles. The number of nitrogens with one attached hydrogen (secondary N) is 1. The number of amides is 1. The molecule has 2 heterocycles. The number of likely N-dealkylation sites (tertiary alicyclic amines) is 1. The number of carbonyl (C=O) groups is 2. The van der Waals surface area contributed by atoms with Crippen LogP contribution in [0.4, 0.5) is 4.39 Å². The summed E-state index contributed by atoms with van der Waals surface area (Å²) in [6, 6.07) is 3.79. The Bertz CT molecular complexity index is 1220. The van der Waals surface area contributed by atoms with Gasteiger partial charge in [0.15, 0.2) is 9.84 Å². The van der Waals surface area contributed by atoms with E-state index in [-0.39, 0.29) is 46.9 Å². The van der Waals surface area contributed by atoms with Crippen molar-refractivity contribution < 1.29 is 22.4 Å². The van der Waals surface area contributed by atoms with E-state index in [0.717, 1.165) is 44.8 Å². The molecule has 2 aromatic rings. The van der Waals surface area contributed by atoms with Crippen molar-refractivity contribution in [3.8, 4) is 0 Å². The van der Waals surface area contributed by atoms with Crippen LogP contribution in [-0.4, -0.2) is 61.5 Å². The number of halogens is 1. The maximum absolute atomic E-state index is 14.0. The Morgan fingerprint density at radius 1 is 1.14 bits per heavy atom. The third-order valence-corrected chi connectivity index (χ3v) is 9.27. The molecule has 1 aliphatic carbocycles. The first-order chi connectivity index (χ1) is 17.1. The summed E-state index contributed by atoms with van der Waals surface area (Å²) < 4.78 is 40.6. The SMILES string of the molecule is CNC(C)C(=O)CC(C(=O)N1CCCC1Cn1cc(S(C)(=O)=O)c2cc(F)ccc21)C1CCCCC1. The standard InChI is InChI=1S/C27H38FN3O4S/c1-18(29-2)25(32)15-22(19-8-5-4-6-9-19)27(33)31-13-7-10-21(31)16-30-17-26(36(3,34)35)23-14-20(28)11-12-24(23)30/h11-12,14,17-19,21-22,29H,4-10,13,15-16H2,1-3H3. The van der Waals surface area contributed by atoms with Gasteiger partial charge in [0.25, 0.3) is 0 Å². The van der Waals surface area contributed by atoms with Gasteiger partial charge in [0.05, 0.1) is 10.9 Å². The number of Topliss-reactive ketones (excluding diaryl/α,β-unsaturated/α-hetero) is 1. The minimum absolute atomic E-state index is 0.0481. The van der Waals surface area contributed by atoms with Gasteiger partial charge in [0.2, 0.25) is 5.91 Å². The molecule has 3 atom stereocenters. The van der Waals surface area contributed by atoms with Crippen molar-refractivity contribution in [3.63, 3.8) is 0 Å². The zero-order chi connectivity index (χ0) is 26.0. The summed E-state index contributed by atoms with van der Waals surface area (Å²) in [4.78, 5) is 28.8. The van der Waals surface area contributed by atoms with Crippen molar-refractivity contribution in [1.29, 1.82) is 0 Å². The van der Waals surface area contributed by atoms with E-state index in [2.05, 4.69) is 5.32 Å². The quantitative estimate of drug-likeness (QED) is 0.542. The highest BCUT2D eigenvalue weighted by Crippen LogP contribution is 2.36. The lowest BCUT2D eigenvalue weighted by Gasteiger charge is -2.35. The minimum atomic E-state index is -3.55. The molecule has 3 unspecified atom stereocenters. The molecule has 1 amide bonds. The summed E-state index contributed by atoms with van der Waals surface area (Å²) >= 11 is 0. The summed E-state index contributed by atoms with van der Waals surface area (Å²) in [7, 11) is -1.79. The molecule has 36 heavy (non-hydrogen) atoms. The van der Waals surface area contributed by atoms with E-state index < -0.39 is 15.7 Å². The molecule has 0 radical (unpaired) electrons. The van der Waals surface area contributed by atoms with Crippen LogP contribution in [-0.2, 0) is 26.0 Å². The normalized spacial score (nSPS) is 21.1. The highest BCUT2D eigenvalue weighted by atomic mass is 32.2. The molecule has 1 aliphatic heterocycles. The highest BCUT2D eigenvalue weighted by Gasteiger charge is 2.39. The number of rotatable bonds is 9. The van der Waals surface area contributed by atoms with Gasteiger partial charge < -0.3 is 14.8 Å². The number of hydrogen-bond donors (Lipinski definition) is 1. The molecule has 2 fully saturated rings. The van der Waals surface area contributed by atoms with E-state index in [0.29, 0.717) is 24.0 Å². The largest absolute Gasteiger partial charge is 0.344 e. The fraction of sp³-hybridized carbons (Fsp3) is 0.630. The lowest BCUT2D eigenvalue weighted by molar-refractivity contribution is -0.141. The van der Waals surface area contributed by atoms with Crippen LogP contribution in [0, 0.1) is 17.7 Å². The van der Waals surface area contributed by atoms with Crippen molar-refractivity contribution in [2.45, 2.75) is 81.8 Å². The molecule has 198 valence electrons. The highest BCUT2D eigenvalue weighted by molar-refractivity contribution is 7.91. The number of ketones is 1. The Morgan fingerprint density at radius 2 is 1.86 bits per heavy atom. The van der Waals surface area contributed by atoms with Gasteiger partial charge in [-0.1, -0.05) is 19.3 Å². The van der Waals surface area contributed by atoms with Gasteiger partial charge in [-0.25, -0.2) is 12.8 Å². The van der Waals surface area contributed by atoms with E-state index in [1.807, 2.05) is 16.4 Å². The van der Waals surface area contributed by atoms with Crippen LogP contribution in [0.15, 0.2) is 29.3 Å². The van der Waals surface area contributed by atoms with Gasteiger partial charge in [-0.3, -0.25) is 9.59 Å². The van der Waals surface area contributed by atoms with Crippen LogP contribution in [0.1, 0.15) is 58.3 Å². The lowest BCUT2D eigenvalue weighted by atomic mass is 9.76. The number of nitrogens with zero attached hydrogens (tertiary/aromatic N) is 2. The van der Waals surface area contributed by atoms with Crippen LogP contribution in [0.25, 0.3) is 10.9 Å². The van der Waals surface area contributed by atoms with E-state index in [1.54, 1.807) is 19.3 Å². The summed E-state index contributed by atoms with van der Waals surface area (Å²) in [5.74, 6) is -0.483. The molecule has 4 rings (SSSR count). The molecule has 0 spiro atoms. The third kappa shape index (κ3) is 5.67. The Morgan fingerprint density at radius 3 is 2.53 bits per heavy atom. The van der Waals surface area contributed by atoms with Gasteiger partial charge >= 0.3 is 0 Å². The summed E-state index contributed by atoms with van der Waals surface area (Å²) in [6.45, 7) is 2.90. The molecule has 1 aromatic heterocycles. The number of fused-ring (bicyclic) bond motifs is 1. The van der Waals surface area contributed by atoms with Crippen LogP contribution in [0.5, 0.6) is 0 Å². The van der Waals surface area contributed by atoms with E-state index in [4.69, 9.17) is 0 Å². The van der Waals surface area contributed by atoms with Crippen LogP contribution in [0.3, 0.4) is 0 Å². The Kier molecular flexibility index (Phi) is 8.19. The van der Waals surface area contributed by atoms with Crippen molar-refractivity contribution in [2.24, 2.45) is 11.8 Å². The van der Waals surface area contributed by atoms with E-state index in [9.17, 15) is 22.4 Å². The molecule has 9 heteroatoms. The van der Waals surface area contributed by atoms with Crippen molar-refractivity contribution in [2.75, 3.05) is 19.8 Å². The van der Waals surface area contributed by atoms with Gasteiger partial charge in [-0.05, 0) is 63.8 Å². The van der Waals surface area contributed by atoms with Crippen molar-refractivity contribution in [3.05, 3.63) is 30.2 Å². The second kappa shape index (κ2) is 11.0. The second-order valence-corrected chi connectivity index (χ2v) is 12.6. The lowest BCUT2D eigenvalue weighted by Crippen LogP contribution is -2.45. The van der Waals surface area contributed by atoms with E-state index in [1.165, 1.54) is 18.6 Å². The Balaban J connectivity index is 1.61. The van der Waals surface area contributed by atoms with Gasteiger partial charge in [-0.2, -0.15) is 0 Å². The minimum Gasteiger partial charge on any atom is -0.344 e. The van der Waals surface area contributed by atoms with Crippen LogP contribution < -0.4 is 5.32 Å². The fourth-order valence-electron chi connectivity index (χ4n) is 5.99. The van der Waals surface area contributed by atoms with Gasteiger partial charge in [0.1, 0.15) is 11.6 Å². The third-order valence-electron chi connectivity index (χ3n) is 8.15. The maximum atomic E-state index is 14.0. The zero-order valence-corrected chi connectivity index (χ0v) is 22.3. The summed E-state index contributed by atoms with van der Waals surface area (Å²) in [6.07, 6.45) is 9.91. The number of carbonyl (C=O) groups excluding carboxylic acids is 2. The molecular weight excluding hydrogens is 481 g/mol. The molecule has 1 saturated heterocycles. The van der Waals surface area contributed by atoms with Gasteiger partial charge in [-0.15, -0.1) is 0 Å². The van der Waals surface area contributed by atoms with E-state index >= 15 is 0 Å². The van der Waals surface area contributed by atoms with Crippen molar-refractivity contribution in [1.82, 2.24) is 14.8 Å². The number of aromatic nitrogens is 1. The summed E-state index contributed by atoms with van der Waals surface area (Å²) in [5, 5.41) is 3.37. The topological polar surface area (TPSA) is 88.5 Å². The smallest absolute Gasteiger partial charge is 0.226 e. The van der Waals surface area contributed by atoms with Crippen LogP contribution in [0.2, 0.25) is 0 Å². The van der Waals surface area contributed by atoms with Gasteiger partial charge in [0, 0.05) is 54.8 Å². The number of likely N-dealkylation sites (N-methyl/N-ethyl adjacent to an activating group) is 1. The fourth-order valence-corrected chi connectivity index (χ4v) is 6.87. The average molecular weight is 520 g/mol. The molecule has 2 aliphatic rings. The first kappa shape index (κ1) is 26.8. The zero-order valence-electron chi connectivity index (χ0n) is 21.5. The number of benzene rings is 1. The Hall–Kier alpha value is -2.26. The number of sulfone groups is 1. The predicted octanol–water partition coefficient (Wildman–Crippen LogP) is 3.94. The Labute approximate surface area is 213 Å². The second-order valence-electron chi connectivity index (χ2n) is 10.6. The molecular formula is C27H38FN3O4S. The first-order valence-corrected chi connectivity index (χ1v) is 15.0. The first-order valence-electron chi connectivity index (χ1n) is 13.1. The molecule has 0 bridgehead atoms. The maximum Gasteiger partial charge on any atom is 0.226 e.